The number of hydrogen-bond donors (Lipinski definition) is 1. The summed E-state index contributed by atoms with van der Waals surface area (Å²) >= 11 is 0. The van der Waals surface area contributed by atoms with Gasteiger partial charge in [0.05, 0.1) is 5.56 Å². The predicted molar refractivity (Wildman–Crippen MR) is 93.2 cm³/mol. The van der Waals surface area contributed by atoms with Gasteiger partial charge in [0.2, 0.25) is 0 Å². The van der Waals surface area contributed by atoms with E-state index in [1.807, 2.05) is 20.8 Å². The van der Waals surface area contributed by atoms with Gasteiger partial charge in [0, 0.05) is 11.1 Å². The maximum atomic E-state index is 12.9. The second kappa shape index (κ2) is 6.81. The van der Waals surface area contributed by atoms with Gasteiger partial charge in [-0.2, -0.15) is 5.26 Å². The summed E-state index contributed by atoms with van der Waals surface area (Å²) in [5.74, 6) is -1.27. The Kier molecular flexibility index (Phi) is 5.00. The summed E-state index contributed by atoms with van der Waals surface area (Å²) in [6.07, 6.45) is 1.68. The van der Waals surface area contributed by atoms with Crippen molar-refractivity contribution < 1.29 is 19.7 Å². The normalized spacial score (nSPS) is 11.0. The molecule has 0 amide bonds. The topological polar surface area (TPSA) is 63.6 Å². The number of ketones is 1. The zero-order valence-electron chi connectivity index (χ0n) is 14.0. The summed E-state index contributed by atoms with van der Waals surface area (Å²) in [6.45, 7) is 9.72. The quantitative estimate of drug-likeness (QED) is 0.511. The van der Waals surface area contributed by atoms with Gasteiger partial charge in [0.25, 0.3) is 0 Å². The number of benzene rings is 2. The largest absolute Gasteiger partial charge is 0.373 e. The molecule has 4 nitrogen and oxygen atoms in total. The summed E-state index contributed by atoms with van der Waals surface area (Å²) in [4.78, 5) is 28.5. The van der Waals surface area contributed by atoms with Crippen LogP contribution in [0, 0.1) is 0 Å². The lowest BCUT2D eigenvalue weighted by Crippen LogP contribution is -2.16. The Morgan fingerprint density at radius 1 is 1.04 bits per heavy atom. The van der Waals surface area contributed by atoms with Crippen LogP contribution < -0.4 is 0 Å². The van der Waals surface area contributed by atoms with Crippen LogP contribution in [0.5, 0.6) is 0 Å². The van der Waals surface area contributed by atoms with E-state index in [-0.39, 0.29) is 22.3 Å². The highest BCUT2D eigenvalue weighted by molar-refractivity contribution is 6.14. The van der Waals surface area contributed by atoms with Crippen molar-refractivity contribution in [3.63, 3.8) is 0 Å². The highest BCUT2D eigenvalue weighted by atomic mass is 17.1. The van der Waals surface area contributed by atoms with Crippen LogP contribution in [-0.4, -0.2) is 17.0 Å². The number of carbonyl (C=O) groups excluding carboxylic acids is 2. The Hall–Kier alpha value is -2.72. The number of rotatable bonds is 4. The Balaban J connectivity index is 2.57. The van der Waals surface area contributed by atoms with Gasteiger partial charge in [-0.3, -0.25) is 9.68 Å². The van der Waals surface area contributed by atoms with Gasteiger partial charge < -0.3 is 0 Å². The van der Waals surface area contributed by atoms with Crippen LogP contribution in [0.4, 0.5) is 0 Å². The Bertz CT molecular complexity index is 780. The van der Waals surface area contributed by atoms with Crippen molar-refractivity contribution in [1.82, 2.24) is 0 Å². The van der Waals surface area contributed by atoms with E-state index in [4.69, 9.17) is 5.26 Å². The molecule has 0 spiro atoms. The molecule has 2 aromatic carbocycles. The molecule has 0 atom stereocenters. The molecule has 0 fully saturated rings. The van der Waals surface area contributed by atoms with E-state index in [1.54, 1.807) is 42.5 Å². The second-order valence-corrected chi connectivity index (χ2v) is 6.54. The van der Waals surface area contributed by atoms with Crippen LogP contribution in [0.1, 0.15) is 58.2 Å². The van der Waals surface area contributed by atoms with Crippen molar-refractivity contribution in [2.75, 3.05) is 0 Å². The van der Waals surface area contributed by atoms with Crippen molar-refractivity contribution in [2.45, 2.75) is 26.2 Å². The molecule has 24 heavy (non-hydrogen) atoms. The third kappa shape index (κ3) is 3.60. The molecule has 2 aromatic rings. The van der Waals surface area contributed by atoms with Gasteiger partial charge in [-0.1, -0.05) is 63.8 Å². The third-order valence-electron chi connectivity index (χ3n) is 3.84. The van der Waals surface area contributed by atoms with Crippen LogP contribution in [0.15, 0.2) is 49.0 Å². The van der Waals surface area contributed by atoms with Crippen molar-refractivity contribution >= 4 is 17.8 Å². The summed E-state index contributed by atoms with van der Waals surface area (Å²) in [5, 5.41) is 8.69. The van der Waals surface area contributed by atoms with Crippen molar-refractivity contribution in [3.8, 4) is 0 Å². The van der Waals surface area contributed by atoms with E-state index in [1.165, 1.54) is 6.07 Å². The standard InChI is InChI=1S/C20H20O4/c1-5-13-6-8-14(9-7-13)18(21)17-12-15(20(2,3)4)10-11-16(17)19(22)24-23/h5-12,23H,1H2,2-4H3. The minimum Gasteiger partial charge on any atom is -0.295 e. The maximum absolute atomic E-state index is 12.9. The SMILES string of the molecule is C=Cc1ccc(C(=O)c2cc(C(C)(C)C)ccc2C(=O)OO)cc1. The third-order valence-corrected chi connectivity index (χ3v) is 3.84. The fraction of sp³-hybridized carbons (Fsp3) is 0.200. The van der Waals surface area contributed by atoms with Crippen molar-refractivity contribution in [2.24, 2.45) is 0 Å². The first-order valence-corrected chi connectivity index (χ1v) is 7.55. The molecule has 2 rings (SSSR count). The molecule has 0 aliphatic rings. The minimum absolute atomic E-state index is 0.0308. The number of carbonyl (C=O) groups is 2. The fourth-order valence-electron chi connectivity index (χ4n) is 2.35. The molecule has 0 unspecified atom stereocenters. The molecule has 0 bridgehead atoms. The lowest BCUT2D eigenvalue weighted by molar-refractivity contribution is -0.182. The lowest BCUT2D eigenvalue weighted by atomic mass is 9.84. The van der Waals surface area contributed by atoms with E-state index >= 15 is 0 Å². The maximum Gasteiger partial charge on any atom is 0.373 e. The lowest BCUT2D eigenvalue weighted by Gasteiger charge is -2.20. The molecular weight excluding hydrogens is 304 g/mol. The monoisotopic (exact) mass is 324 g/mol. The molecule has 1 N–H and O–H groups in total. The summed E-state index contributed by atoms with van der Waals surface area (Å²) in [7, 11) is 0. The first kappa shape index (κ1) is 17.6. The Morgan fingerprint density at radius 3 is 2.17 bits per heavy atom. The average molecular weight is 324 g/mol. The number of hydrogen-bond acceptors (Lipinski definition) is 4. The summed E-state index contributed by atoms with van der Waals surface area (Å²) in [6, 6.07) is 11.8. The molecule has 124 valence electrons. The predicted octanol–water partition coefficient (Wildman–Crippen LogP) is 4.49. The van der Waals surface area contributed by atoms with Gasteiger partial charge in [0.1, 0.15) is 0 Å². The highest BCUT2D eigenvalue weighted by Crippen LogP contribution is 2.26. The minimum atomic E-state index is -0.957. The van der Waals surface area contributed by atoms with Gasteiger partial charge in [-0.25, -0.2) is 4.79 Å². The molecule has 0 aliphatic heterocycles. The zero-order valence-corrected chi connectivity index (χ0v) is 14.0. The van der Waals surface area contributed by atoms with Crippen molar-refractivity contribution in [1.29, 1.82) is 0 Å². The summed E-state index contributed by atoms with van der Waals surface area (Å²) < 4.78 is 0. The molecule has 0 heterocycles. The van der Waals surface area contributed by atoms with Gasteiger partial charge >= 0.3 is 5.97 Å². The van der Waals surface area contributed by atoms with Crippen LogP contribution in [0.2, 0.25) is 0 Å². The van der Waals surface area contributed by atoms with E-state index in [9.17, 15) is 9.59 Å². The van der Waals surface area contributed by atoms with E-state index in [0.29, 0.717) is 5.56 Å². The van der Waals surface area contributed by atoms with Gasteiger partial charge in [-0.15, -0.1) is 0 Å². The van der Waals surface area contributed by atoms with Crippen LogP contribution in [-0.2, 0) is 10.3 Å². The fourth-order valence-corrected chi connectivity index (χ4v) is 2.35. The van der Waals surface area contributed by atoms with Crippen LogP contribution >= 0.6 is 0 Å². The molecular formula is C20H20O4. The van der Waals surface area contributed by atoms with E-state index in [0.717, 1.165) is 11.1 Å². The average Bonchev–Trinajstić information content (AvgIpc) is 2.59. The Morgan fingerprint density at radius 2 is 1.67 bits per heavy atom. The van der Waals surface area contributed by atoms with Crippen LogP contribution in [0.3, 0.4) is 0 Å². The molecule has 0 aliphatic carbocycles. The van der Waals surface area contributed by atoms with E-state index in [2.05, 4.69) is 11.5 Å². The first-order valence-electron chi connectivity index (χ1n) is 7.55. The molecule has 4 heteroatoms. The smallest absolute Gasteiger partial charge is 0.295 e. The van der Waals surface area contributed by atoms with E-state index < -0.39 is 5.97 Å². The molecule has 0 aromatic heterocycles. The van der Waals surface area contributed by atoms with Crippen LogP contribution in [0.25, 0.3) is 6.08 Å². The summed E-state index contributed by atoms with van der Waals surface area (Å²) in [5.41, 5.74) is 2.28. The molecule has 0 saturated heterocycles. The van der Waals surface area contributed by atoms with Gasteiger partial charge in [-0.05, 0) is 28.7 Å². The zero-order chi connectivity index (χ0) is 17.9. The second-order valence-electron chi connectivity index (χ2n) is 6.54. The van der Waals surface area contributed by atoms with Crippen molar-refractivity contribution in [3.05, 3.63) is 76.9 Å². The molecule has 0 radical (unpaired) electrons. The Labute approximate surface area is 141 Å². The highest BCUT2D eigenvalue weighted by Gasteiger charge is 2.23. The van der Waals surface area contributed by atoms with Gasteiger partial charge in [0.15, 0.2) is 5.78 Å². The molecule has 0 saturated carbocycles. The first-order chi connectivity index (χ1) is 11.3.